The molecule has 1 saturated heterocycles. The van der Waals surface area contributed by atoms with E-state index in [1.165, 1.54) is 31.3 Å². The number of methoxy groups -OCH3 is 2. The fourth-order valence-corrected chi connectivity index (χ4v) is 4.82. The van der Waals surface area contributed by atoms with E-state index in [2.05, 4.69) is 0 Å². The van der Waals surface area contributed by atoms with E-state index in [1.54, 1.807) is 24.3 Å². The lowest BCUT2D eigenvalue weighted by atomic mass is 9.94. The fraction of sp³-hybridized carbons (Fsp3) is 0.267. The third-order valence-corrected chi connectivity index (χ3v) is 6.72. The highest BCUT2D eigenvalue weighted by molar-refractivity contribution is 6.46. The number of ketones is 1. The first-order valence-electron chi connectivity index (χ1n) is 12.4. The van der Waals surface area contributed by atoms with Gasteiger partial charge in [0.2, 0.25) is 0 Å². The van der Waals surface area contributed by atoms with Gasteiger partial charge in [0.25, 0.3) is 11.7 Å². The third-order valence-electron chi connectivity index (χ3n) is 6.43. The lowest BCUT2D eigenvalue weighted by Crippen LogP contribution is -2.32. The first kappa shape index (κ1) is 28.0. The van der Waals surface area contributed by atoms with Crippen LogP contribution in [-0.4, -0.2) is 68.0 Å². The van der Waals surface area contributed by atoms with Crippen LogP contribution in [0, 0.1) is 0 Å². The van der Waals surface area contributed by atoms with Gasteiger partial charge in [-0.2, -0.15) is 0 Å². The zero-order chi connectivity index (χ0) is 28.1. The summed E-state index contributed by atoms with van der Waals surface area (Å²) in [7, 11) is 6.77. The number of likely N-dealkylation sites (tertiary alicyclic amines) is 1. The van der Waals surface area contributed by atoms with E-state index in [1.807, 2.05) is 49.3 Å². The van der Waals surface area contributed by atoms with Gasteiger partial charge < -0.3 is 29.1 Å². The van der Waals surface area contributed by atoms with Crippen LogP contribution >= 0.6 is 11.6 Å². The highest BCUT2D eigenvalue weighted by Crippen LogP contribution is 2.43. The van der Waals surface area contributed by atoms with E-state index in [9.17, 15) is 14.7 Å². The van der Waals surface area contributed by atoms with Crippen molar-refractivity contribution in [1.82, 2.24) is 9.80 Å². The largest absolute Gasteiger partial charge is 0.507 e. The monoisotopic (exact) mass is 550 g/mol. The number of halogens is 1. The van der Waals surface area contributed by atoms with Gasteiger partial charge in [-0.05, 0) is 63.0 Å². The van der Waals surface area contributed by atoms with Gasteiger partial charge in [0.1, 0.15) is 28.8 Å². The Balaban J connectivity index is 1.84. The lowest BCUT2D eigenvalue weighted by molar-refractivity contribution is -0.139. The third kappa shape index (κ3) is 6.02. The zero-order valence-corrected chi connectivity index (χ0v) is 23.1. The predicted molar refractivity (Wildman–Crippen MR) is 150 cm³/mol. The highest BCUT2D eigenvalue weighted by Gasteiger charge is 2.46. The van der Waals surface area contributed by atoms with Crippen LogP contribution in [0.15, 0.2) is 72.3 Å². The van der Waals surface area contributed by atoms with Crippen molar-refractivity contribution in [2.45, 2.75) is 12.5 Å². The van der Waals surface area contributed by atoms with Crippen molar-refractivity contribution in [3.8, 4) is 23.0 Å². The van der Waals surface area contributed by atoms with E-state index in [0.29, 0.717) is 35.8 Å². The first-order chi connectivity index (χ1) is 18.7. The molecule has 3 aromatic rings. The number of carbonyl (C=O) groups is 2. The molecule has 9 heteroatoms. The molecule has 0 radical (unpaired) electrons. The van der Waals surface area contributed by atoms with Crippen LogP contribution in [-0.2, 0) is 9.59 Å². The molecule has 1 amide bonds. The molecule has 1 heterocycles. The summed E-state index contributed by atoms with van der Waals surface area (Å²) >= 11 is 6.35. The van der Waals surface area contributed by atoms with Crippen molar-refractivity contribution in [3.63, 3.8) is 0 Å². The minimum Gasteiger partial charge on any atom is -0.507 e. The van der Waals surface area contributed by atoms with Crippen LogP contribution in [0.4, 0.5) is 0 Å². The molecule has 39 heavy (non-hydrogen) atoms. The number of rotatable bonds is 10. The van der Waals surface area contributed by atoms with Crippen LogP contribution in [0.2, 0.25) is 5.02 Å². The average molecular weight is 551 g/mol. The second kappa shape index (κ2) is 12.2. The van der Waals surface area contributed by atoms with Crippen molar-refractivity contribution in [1.29, 1.82) is 0 Å². The second-order valence-electron chi connectivity index (χ2n) is 9.32. The van der Waals surface area contributed by atoms with Crippen LogP contribution in [0.1, 0.15) is 23.6 Å². The standard InChI is InChI=1S/C30H31ClN2O6/c1-32(2)14-9-15-33-27(19-10-8-13-21(16-19)39-20-11-6-5-7-12-20)26(29(35)30(33)36)28(34)22-17-23(31)25(38-4)18-24(22)37-3/h5-8,10-13,16-18,27,34H,9,14-15H2,1-4H3/b28-26+. The van der Waals surface area contributed by atoms with Crippen LogP contribution in [0.3, 0.4) is 0 Å². The molecule has 1 unspecified atom stereocenters. The maximum atomic E-state index is 13.4. The Hall–Kier alpha value is -4.01. The van der Waals surface area contributed by atoms with Gasteiger partial charge in [0.05, 0.1) is 36.4 Å². The molecule has 0 bridgehead atoms. The molecule has 0 saturated carbocycles. The number of carbonyl (C=O) groups excluding carboxylic acids is 2. The number of aliphatic hydroxyl groups is 1. The predicted octanol–water partition coefficient (Wildman–Crippen LogP) is 5.52. The van der Waals surface area contributed by atoms with Gasteiger partial charge in [-0.15, -0.1) is 0 Å². The molecule has 1 N–H and O–H groups in total. The Labute approximate surface area is 233 Å². The van der Waals surface area contributed by atoms with Gasteiger partial charge in [0.15, 0.2) is 0 Å². The maximum Gasteiger partial charge on any atom is 0.295 e. The normalized spacial score (nSPS) is 16.6. The topological polar surface area (TPSA) is 88.5 Å². The van der Waals surface area contributed by atoms with Crippen molar-refractivity contribution in [3.05, 3.63) is 88.5 Å². The van der Waals surface area contributed by atoms with Crippen LogP contribution < -0.4 is 14.2 Å². The summed E-state index contributed by atoms with van der Waals surface area (Å²) in [5, 5.41) is 11.8. The summed E-state index contributed by atoms with van der Waals surface area (Å²) in [6.07, 6.45) is 0.633. The smallest absolute Gasteiger partial charge is 0.295 e. The summed E-state index contributed by atoms with van der Waals surface area (Å²) in [5.41, 5.74) is 0.741. The maximum absolute atomic E-state index is 13.4. The Morgan fingerprint density at radius 2 is 1.64 bits per heavy atom. The molecule has 1 aliphatic heterocycles. The molecule has 0 spiro atoms. The molecule has 1 aliphatic rings. The Bertz CT molecular complexity index is 1390. The van der Waals surface area contributed by atoms with E-state index < -0.39 is 17.7 Å². The van der Waals surface area contributed by atoms with Crippen LogP contribution in [0.5, 0.6) is 23.0 Å². The van der Waals surface area contributed by atoms with Gasteiger partial charge >= 0.3 is 0 Å². The Morgan fingerprint density at radius 1 is 0.949 bits per heavy atom. The average Bonchev–Trinajstić information content (AvgIpc) is 3.18. The number of amides is 1. The van der Waals surface area contributed by atoms with Crippen molar-refractivity contribution >= 4 is 29.1 Å². The number of hydrogen-bond donors (Lipinski definition) is 1. The molecule has 1 atom stereocenters. The second-order valence-corrected chi connectivity index (χ2v) is 9.73. The minimum atomic E-state index is -0.850. The van der Waals surface area contributed by atoms with Crippen molar-refractivity contribution < 1.29 is 28.9 Å². The molecule has 0 aliphatic carbocycles. The number of para-hydroxylation sites is 1. The SMILES string of the molecule is COc1cc(OC)c(/C(O)=C2\C(=O)C(=O)N(CCCN(C)C)C2c2cccc(Oc3ccccc3)c2)cc1Cl. The molecular formula is C30H31ClN2O6. The van der Waals surface area contributed by atoms with Gasteiger partial charge in [0, 0.05) is 12.6 Å². The minimum absolute atomic E-state index is 0.0544. The summed E-state index contributed by atoms with van der Waals surface area (Å²) in [6, 6.07) is 18.6. The Kier molecular flexibility index (Phi) is 8.79. The zero-order valence-electron chi connectivity index (χ0n) is 22.3. The number of nitrogens with zero attached hydrogens (tertiary/aromatic N) is 2. The van der Waals surface area contributed by atoms with E-state index in [-0.39, 0.29) is 27.7 Å². The summed E-state index contributed by atoms with van der Waals surface area (Å²) in [6.45, 7) is 1.03. The van der Waals surface area contributed by atoms with Crippen molar-refractivity contribution in [2.75, 3.05) is 41.4 Å². The van der Waals surface area contributed by atoms with Gasteiger partial charge in [-0.3, -0.25) is 9.59 Å². The molecule has 3 aromatic carbocycles. The van der Waals surface area contributed by atoms with Crippen molar-refractivity contribution in [2.24, 2.45) is 0 Å². The number of aliphatic hydroxyl groups excluding tert-OH is 1. The van der Waals surface area contributed by atoms with E-state index >= 15 is 0 Å². The molecule has 0 aromatic heterocycles. The number of ether oxygens (including phenoxy) is 3. The molecule has 1 fully saturated rings. The first-order valence-corrected chi connectivity index (χ1v) is 12.8. The fourth-order valence-electron chi connectivity index (χ4n) is 4.58. The summed E-state index contributed by atoms with van der Waals surface area (Å²) < 4.78 is 16.7. The van der Waals surface area contributed by atoms with Gasteiger partial charge in [-0.25, -0.2) is 0 Å². The summed E-state index contributed by atoms with van der Waals surface area (Å²) in [5.74, 6) is -0.0952. The lowest BCUT2D eigenvalue weighted by Gasteiger charge is -2.26. The number of benzene rings is 3. The number of Topliss-reactive ketones (excluding diaryl/α,β-unsaturated/α-hetero) is 1. The molecule has 4 rings (SSSR count). The van der Waals surface area contributed by atoms with E-state index in [4.69, 9.17) is 25.8 Å². The molecule has 8 nitrogen and oxygen atoms in total. The quantitative estimate of drug-likeness (QED) is 0.202. The number of hydrogen-bond acceptors (Lipinski definition) is 7. The summed E-state index contributed by atoms with van der Waals surface area (Å²) in [4.78, 5) is 30.3. The highest BCUT2D eigenvalue weighted by atomic mass is 35.5. The van der Waals surface area contributed by atoms with E-state index in [0.717, 1.165) is 6.54 Å². The van der Waals surface area contributed by atoms with Crippen LogP contribution in [0.25, 0.3) is 5.76 Å². The Morgan fingerprint density at radius 3 is 2.31 bits per heavy atom. The van der Waals surface area contributed by atoms with Gasteiger partial charge in [-0.1, -0.05) is 41.9 Å². The molecule has 204 valence electrons. The molecular weight excluding hydrogens is 520 g/mol.